The Kier molecular flexibility index (Phi) is 4.47. The van der Waals surface area contributed by atoms with E-state index in [0.717, 1.165) is 24.8 Å². The molecule has 4 nitrogen and oxygen atoms in total. The topological polar surface area (TPSA) is 66.4 Å². The van der Waals surface area contributed by atoms with Crippen molar-refractivity contribution >= 4 is 9.84 Å². The summed E-state index contributed by atoms with van der Waals surface area (Å²) in [6.45, 7) is 2.49. The molecule has 0 aromatic heterocycles. The fourth-order valence-corrected chi connectivity index (χ4v) is 4.40. The Hall–Kier alpha value is -1.07. The van der Waals surface area contributed by atoms with E-state index < -0.39 is 9.84 Å². The Balaban J connectivity index is 2.03. The second kappa shape index (κ2) is 5.92. The van der Waals surface area contributed by atoms with Crippen LogP contribution in [-0.2, 0) is 9.84 Å². The minimum Gasteiger partial charge on any atom is -0.508 e. The third-order valence-electron chi connectivity index (χ3n) is 3.78. The summed E-state index contributed by atoms with van der Waals surface area (Å²) >= 11 is 0. The number of sulfone groups is 1. The summed E-state index contributed by atoms with van der Waals surface area (Å²) in [5, 5.41) is 12.9. The lowest BCUT2D eigenvalue weighted by Gasteiger charge is -2.20. The van der Waals surface area contributed by atoms with Gasteiger partial charge in [0.05, 0.1) is 11.0 Å². The normalized spacial score (nSPS) is 23.3. The molecule has 0 spiro atoms. The number of para-hydroxylation sites is 1. The van der Waals surface area contributed by atoms with Crippen LogP contribution in [0, 0.1) is 0 Å². The Bertz CT molecular complexity index is 527. The standard InChI is InChI=1S/C14H21NO3S/c1-2-13(12-7-3-4-8-14(12)16)15-10-11-6-5-9-19(11,17)18/h3-4,7-8,11,13,15-16H,2,5-6,9-10H2,1H3. The molecule has 0 bridgehead atoms. The van der Waals surface area contributed by atoms with E-state index in [1.165, 1.54) is 0 Å². The van der Waals surface area contributed by atoms with E-state index in [4.69, 9.17) is 0 Å². The highest BCUT2D eigenvalue weighted by Gasteiger charge is 2.31. The molecule has 2 unspecified atom stereocenters. The molecule has 106 valence electrons. The van der Waals surface area contributed by atoms with Crippen LogP contribution in [-0.4, -0.2) is 31.1 Å². The predicted octanol–water partition coefficient (Wildman–Crippen LogP) is 2.01. The lowest BCUT2D eigenvalue weighted by atomic mass is 10.0. The maximum absolute atomic E-state index is 11.8. The fourth-order valence-electron chi connectivity index (χ4n) is 2.62. The number of phenols is 1. The highest BCUT2D eigenvalue weighted by Crippen LogP contribution is 2.27. The highest BCUT2D eigenvalue weighted by molar-refractivity contribution is 7.92. The molecule has 2 N–H and O–H groups in total. The minimum absolute atomic E-state index is 0.00278. The van der Waals surface area contributed by atoms with Crippen molar-refractivity contribution in [1.29, 1.82) is 0 Å². The van der Waals surface area contributed by atoms with Gasteiger partial charge in [0, 0.05) is 18.2 Å². The van der Waals surface area contributed by atoms with Crippen LogP contribution in [0.2, 0.25) is 0 Å². The summed E-state index contributed by atoms with van der Waals surface area (Å²) in [6, 6.07) is 7.20. The van der Waals surface area contributed by atoms with Crippen molar-refractivity contribution in [3.8, 4) is 5.75 Å². The molecular weight excluding hydrogens is 262 g/mol. The molecule has 0 amide bonds. The van der Waals surface area contributed by atoms with Gasteiger partial charge in [0.1, 0.15) is 5.75 Å². The summed E-state index contributed by atoms with van der Waals surface area (Å²) < 4.78 is 23.6. The van der Waals surface area contributed by atoms with Crippen LogP contribution in [0.25, 0.3) is 0 Å². The Morgan fingerprint density at radius 1 is 1.42 bits per heavy atom. The van der Waals surface area contributed by atoms with Gasteiger partial charge in [-0.1, -0.05) is 25.1 Å². The first-order valence-corrected chi connectivity index (χ1v) is 8.49. The van der Waals surface area contributed by atoms with Gasteiger partial charge >= 0.3 is 0 Å². The molecule has 2 rings (SSSR count). The summed E-state index contributed by atoms with van der Waals surface area (Å²) in [4.78, 5) is 0. The SMILES string of the molecule is CCC(NCC1CCCS1(=O)=O)c1ccccc1O. The Labute approximate surface area is 114 Å². The number of hydrogen-bond acceptors (Lipinski definition) is 4. The second-order valence-electron chi connectivity index (χ2n) is 5.06. The van der Waals surface area contributed by atoms with E-state index in [2.05, 4.69) is 5.32 Å². The first-order valence-electron chi connectivity index (χ1n) is 6.77. The summed E-state index contributed by atoms with van der Waals surface area (Å²) in [7, 11) is -2.91. The van der Waals surface area contributed by atoms with Gasteiger partial charge in [0.25, 0.3) is 0 Å². The summed E-state index contributed by atoms with van der Waals surface area (Å²) in [5.74, 6) is 0.573. The molecule has 1 saturated heterocycles. The van der Waals surface area contributed by atoms with Gasteiger partial charge in [-0.05, 0) is 25.3 Å². The Morgan fingerprint density at radius 2 is 2.16 bits per heavy atom. The van der Waals surface area contributed by atoms with Gasteiger partial charge < -0.3 is 10.4 Å². The van der Waals surface area contributed by atoms with Crippen molar-refractivity contribution in [3.63, 3.8) is 0 Å². The number of rotatable bonds is 5. The zero-order chi connectivity index (χ0) is 13.9. The van der Waals surface area contributed by atoms with Crippen LogP contribution in [0.1, 0.15) is 37.8 Å². The van der Waals surface area contributed by atoms with Crippen LogP contribution in [0.4, 0.5) is 0 Å². The minimum atomic E-state index is -2.91. The van der Waals surface area contributed by atoms with Crippen molar-refractivity contribution in [2.45, 2.75) is 37.5 Å². The van der Waals surface area contributed by atoms with E-state index >= 15 is 0 Å². The molecule has 1 heterocycles. The molecule has 1 aliphatic rings. The third kappa shape index (κ3) is 3.28. The van der Waals surface area contributed by atoms with Crippen molar-refractivity contribution in [2.24, 2.45) is 0 Å². The molecule has 1 aliphatic heterocycles. The maximum atomic E-state index is 11.8. The van der Waals surface area contributed by atoms with E-state index in [9.17, 15) is 13.5 Å². The van der Waals surface area contributed by atoms with Gasteiger partial charge in [0.2, 0.25) is 0 Å². The molecule has 5 heteroatoms. The average Bonchev–Trinajstić information content (AvgIpc) is 2.71. The zero-order valence-electron chi connectivity index (χ0n) is 11.2. The average molecular weight is 283 g/mol. The third-order valence-corrected chi connectivity index (χ3v) is 6.05. The van der Waals surface area contributed by atoms with E-state index in [-0.39, 0.29) is 17.0 Å². The first kappa shape index (κ1) is 14.3. The van der Waals surface area contributed by atoms with Crippen LogP contribution >= 0.6 is 0 Å². The highest BCUT2D eigenvalue weighted by atomic mass is 32.2. The molecule has 19 heavy (non-hydrogen) atoms. The number of benzene rings is 1. The Morgan fingerprint density at radius 3 is 2.74 bits per heavy atom. The number of aromatic hydroxyl groups is 1. The first-order chi connectivity index (χ1) is 9.04. The molecule has 0 radical (unpaired) electrons. The van der Waals surface area contributed by atoms with Crippen molar-refractivity contribution in [1.82, 2.24) is 5.32 Å². The summed E-state index contributed by atoms with van der Waals surface area (Å²) in [6.07, 6.45) is 2.32. The van der Waals surface area contributed by atoms with Crippen LogP contribution in [0.5, 0.6) is 5.75 Å². The van der Waals surface area contributed by atoms with Gasteiger partial charge in [-0.15, -0.1) is 0 Å². The smallest absolute Gasteiger partial charge is 0.154 e. The van der Waals surface area contributed by atoms with E-state index in [1.807, 2.05) is 19.1 Å². The van der Waals surface area contributed by atoms with Gasteiger partial charge in [0.15, 0.2) is 9.84 Å². The molecule has 1 aromatic carbocycles. The van der Waals surface area contributed by atoms with Crippen LogP contribution in [0.15, 0.2) is 24.3 Å². The van der Waals surface area contributed by atoms with Crippen LogP contribution < -0.4 is 5.32 Å². The lowest BCUT2D eigenvalue weighted by molar-refractivity contribution is 0.439. The maximum Gasteiger partial charge on any atom is 0.154 e. The molecule has 2 atom stereocenters. The molecule has 0 aliphatic carbocycles. The van der Waals surface area contributed by atoms with Crippen molar-refractivity contribution < 1.29 is 13.5 Å². The lowest BCUT2D eigenvalue weighted by Crippen LogP contribution is -2.33. The fraction of sp³-hybridized carbons (Fsp3) is 0.571. The number of phenolic OH excluding ortho intramolecular Hbond substituents is 1. The number of hydrogen-bond donors (Lipinski definition) is 2. The second-order valence-corrected chi connectivity index (χ2v) is 7.46. The molecular formula is C14H21NO3S. The number of nitrogens with one attached hydrogen (secondary N) is 1. The monoisotopic (exact) mass is 283 g/mol. The predicted molar refractivity (Wildman–Crippen MR) is 76.0 cm³/mol. The molecule has 1 fully saturated rings. The quantitative estimate of drug-likeness (QED) is 0.867. The zero-order valence-corrected chi connectivity index (χ0v) is 12.0. The largest absolute Gasteiger partial charge is 0.508 e. The summed E-state index contributed by atoms with van der Waals surface area (Å²) in [5.41, 5.74) is 0.834. The van der Waals surface area contributed by atoms with Gasteiger partial charge in [-0.25, -0.2) is 8.42 Å². The molecule has 0 saturated carbocycles. The van der Waals surface area contributed by atoms with Crippen molar-refractivity contribution in [2.75, 3.05) is 12.3 Å². The van der Waals surface area contributed by atoms with Gasteiger partial charge in [-0.3, -0.25) is 0 Å². The van der Waals surface area contributed by atoms with Gasteiger partial charge in [-0.2, -0.15) is 0 Å². The van der Waals surface area contributed by atoms with E-state index in [1.54, 1.807) is 12.1 Å². The van der Waals surface area contributed by atoms with E-state index in [0.29, 0.717) is 12.3 Å². The van der Waals surface area contributed by atoms with Crippen LogP contribution in [0.3, 0.4) is 0 Å². The van der Waals surface area contributed by atoms with Crippen molar-refractivity contribution in [3.05, 3.63) is 29.8 Å². The molecule has 1 aromatic rings.